The first-order chi connectivity index (χ1) is 14.2. The summed E-state index contributed by atoms with van der Waals surface area (Å²) in [6.07, 6.45) is 4.71. The van der Waals surface area contributed by atoms with E-state index in [0.717, 1.165) is 56.8 Å². The highest BCUT2D eigenvalue weighted by atomic mass is 15.3. The maximum absolute atomic E-state index is 4.76. The maximum atomic E-state index is 4.76. The van der Waals surface area contributed by atoms with Crippen LogP contribution >= 0.6 is 0 Å². The van der Waals surface area contributed by atoms with E-state index in [-0.39, 0.29) is 0 Å². The van der Waals surface area contributed by atoms with E-state index >= 15 is 0 Å². The predicted molar refractivity (Wildman–Crippen MR) is 119 cm³/mol. The third-order valence-electron chi connectivity index (χ3n) is 5.33. The second-order valence-electron chi connectivity index (χ2n) is 7.54. The molecule has 0 aliphatic carbocycles. The van der Waals surface area contributed by atoms with Crippen LogP contribution in [0.2, 0.25) is 0 Å². The van der Waals surface area contributed by atoms with E-state index in [0.29, 0.717) is 6.54 Å². The molecule has 0 amide bonds. The zero-order valence-corrected chi connectivity index (χ0v) is 18.1. The molecule has 0 atom stereocenters. The number of likely N-dealkylation sites (N-methyl/N-ethyl adjacent to an activating group) is 1. The molecule has 7 nitrogen and oxygen atoms in total. The van der Waals surface area contributed by atoms with Crippen molar-refractivity contribution in [1.29, 1.82) is 0 Å². The number of anilines is 1. The van der Waals surface area contributed by atoms with E-state index in [1.807, 2.05) is 0 Å². The number of aryl methyl sites for hydroxylation is 2. The van der Waals surface area contributed by atoms with Gasteiger partial charge in [-0.15, -0.1) is 10.2 Å². The lowest BCUT2D eigenvalue weighted by atomic mass is 10.2. The Morgan fingerprint density at radius 3 is 2.86 bits per heavy atom. The second kappa shape index (κ2) is 10.8. The number of aliphatic imine (C=N–C) groups is 1. The van der Waals surface area contributed by atoms with Crippen molar-refractivity contribution in [3.8, 4) is 0 Å². The normalized spacial score (nSPS) is 14.2. The Hall–Kier alpha value is -2.57. The highest BCUT2D eigenvalue weighted by molar-refractivity contribution is 5.79. The number of hydrogen-bond donors (Lipinski definition) is 2. The molecule has 1 aliphatic rings. The first-order valence-corrected chi connectivity index (χ1v) is 11.0. The van der Waals surface area contributed by atoms with Crippen LogP contribution in [0.1, 0.15) is 50.3 Å². The molecule has 1 aromatic heterocycles. The molecule has 0 fully saturated rings. The van der Waals surface area contributed by atoms with Gasteiger partial charge in [-0.1, -0.05) is 18.6 Å². The van der Waals surface area contributed by atoms with Crippen molar-refractivity contribution in [2.24, 2.45) is 4.99 Å². The number of nitrogens with one attached hydrogen (secondary N) is 2. The van der Waals surface area contributed by atoms with Crippen molar-refractivity contribution in [2.75, 3.05) is 31.1 Å². The Morgan fingerprint density at radius 2 is 2.07 bits per heavy atom. The van der Waals surface area contributed by atoms with Gasteiger partial charge in [0.2, 0.25) is 0 Å². The summed E-state index contributed by atoms with van der Waals surface area (Å²) in [4.78, 5) is 7.13. The Balaban J connectivity index is 1.57. The Bertz CT molecular complexity index is 796. The lowest BCUT2D eigenvalue weighted by Gasteiger charge is -2.24. The number of aromatic nitrogens is 3. The van der Waals surface area contributed by atoms with Gasteiger partial charge in [-0.05, 0) is 51.3 Å². The van der Waals surface area contributed by atoms with Gasteiger partial charge in [-0.25, -0.2) is 4.99 Å². The highest BCUT2D eigenvalue weighted by Gasteiger charge is 2.14. The summed E-state index contributed by atoms with van der Waals surface area (Å²) >= 11 is 0. The van der Waals surface area contributed by atoms with Crippen molar-refractivity contribution < 1.29 is 0 Å². The van der Waals surface area contributed by atoms with E-state index in [2.05, 4.69) is 75.3 Å². The minimum absolute atomic E-state index is 0.553. The number of nitrogens with zero attached hydrogens (tertiary/aromatic N) is 5. The molecular weight excluding hydrogens is 362 g/mol. The van der Waals surface area contributed by atoms with Gasteiger partial charge in [0.15, 0.2) is 11.8 Å². The molecule has 2 heterocycles. The molecule has 29 heavy (non-hydrogen) atoms. The van der Waals surface area contributed by atoms with E-state index in [4.69, 9.17) is 4.99 Å². The van der Waals surface area contributed by atoms with E-state index in [1.165, 1.54) is 30.5 Å². The average molecular weight is 398 g/mol. The van der Waals surface area contributed by atoms with Crippen molar-refractivity contribution >= 4 is 11.6 Å². The third-order valence-corrected chi connectivity index (χ3v) is 5.33. The zero-order chi connectivity index (χ0) is 20.5. The van der Waals surface area contributed by atoms with Gasteiger partial charge in [0.25, 0.3) is 0 Å². The summed E-state index contributed by atoms with van der Waals surface area (Å²) in [7, 11) is 0. The molecular formula is C22H35N7. The molecule has 3 rings (SSSR count). The van der Waals surface area contributed by atoms with Crippen LogP contribution in [0.4, 0.5) is 5.69 Å². The number of fused-ring (bicyclic) bond motifs is 1. The van der Waals surface area contributed by atoms with Crippen LogP contribution in [0.5, 0.6) is 0 Å². The van der Waals surface area contributed by atoms with E-state index in [9.17, 15) is 0 Å². The summed E-state index contributed by atoms with van der Waals surface area (Å²) in [6.45, 7) is 11.5. The zero-order valence-electron chi connectivity index (χ0n) is 18.1. The average Bonchev–Trinajstić information content (AvgIpc) is 2.95. The van der Waals surface area contributed by atoms with Gasteiger partial charge in [-0.2, -0.15) is 0 Å². The van der Waals surface area contributed by atoms with E-state index in [1.54, 1.807) is 0 Å². The SMILES string of the molecule is CCNC(=NCc1nnc2n1CCCCC2)NCCN(CC)c1cccc(C)c1. The molecule has 2 aromatic rings. The number of benzene rings is 1. The first kappa shape index (κ1) is 21.1. The smallest absolute Gasteiger partial charge is 0.191 e. The maximum Gasteiger partial charge on any atom is 0.191 e. The van der Waals surface area contributed by atoms with Crippen LogP contribution in [-0.2, 0) is 19.5 Å². The monoisotopic (exact) mass is 397 g/mol. The van der Waals surface area contributed by atoms with Gasteiger partial charge in [-0.3, -0.25) is 0 Å². The standard InChI is InChI=1S/C22H35N7/c1-4-23-22(24-13-15-28(5-2)19-11-9-10-18(3)16-19)25-17-21-27-26-20-12-7-6-8-14-29(20)21/h9-11,16H,4-8,12-15,17H2,1-3H3,(H2,23,24,25). The lowest BCUT2D eigenvalue weighted by molar-refractivity contribution is 0.605. The molecule has 0 radical (unpaired) electrons. The molecule has 0 unspecified atom stereocenters. The van der Waals surface area contributed by atoms with Crippen molar-refractivity contribution in [3.05, 3.63) is 41.5 Å². The molecule has 0 saturated carbocycles. The Morgan fingerprint density at radius 1 is 1.17 bits per heavy atom. The summed E-state index contributed by atoms with van der Waals surface area (Å²) in [5.41, 5.74) is 2.55. The molecule has 7 heteroatoms. The van der Waals surface area contributed by atoms with Gasteiger partial charge in [0, 0.05) is 44.8 Å². The van der Waals surface area contributed by atoms with Crippen molar-refractivity contribution in [1.82, 2.24) is 25.4 Å². The fourth-order valence-electron chi connectivity index (χ4n) is 3.76. The summed E-state index contributed by atoms with van der Waals surface area (Å²) in [5, 5.41) is 15.6. The predicted octanol–water partition coefficient (Wildman–Crippen LogP) is 2.89. The summed E-state index contributed by atoms with van der Waals surface area (Å²) in [6, 6.07) is 8.66. The van der Waals surface area contributed by atoms with Crippen LogP contribution in [0, 0.1) is 6.92 Å². The number of rotatable bonds is 8. The van der Waals surface area contributed by atoms with Gasteiger partial charge in [0.05, 0.1) is 0 Å². The van der Waals surface area contributed by atoms with Gasteiger partial charge >= 0.3 is 0 Å². The van der Waals surface area contributed by atoms with Gasteiger partial charge in [0.1, 0.15) is 12.4 Å². The molecule has 1 aliphatic heterocycles. The molecule has 0 spiro atoms. The third kappa shape index (κ3) is 5.95. The second-order valence-corrected chi connectivity index (χ2v) is 7.54. The van der Waals surface area contributed by atoms with E-state index < -0.39 is 0 Å². The Labute approximate surface area is 174 Å². The Kier molecular flexibility index (Phi) is 7.90. The van der Waals surface area contributed by atoms with Crippen molar-refractivity contribution in [3.63, 3.8) is 0 Å². The minimum Gasteiger partial charge on any atom is -0.370 e. The topological polar surface area (TPSA) is 70.4 Å². The van der Waals surface area contributed by atoms with Crippen LogP contribution in [0.25, 0.3) is 0 Å². The summed E-state index contributed by atoms with van der Waals surface area (Å²) < 4.78 is 2.26. The van der Waals surface area contributed by atoms with Gasteiger partial charge < -0.3 is 20.1 Å². The van der Waals surface area contributed by atoms with Crippen LogP contribution in [-0.4, -0.2) is 46.9 Å². The van der Waals surface area contributed by atoms with Crippen LogP contribution in [0.15, 0.2) is 29.3 Å². The fraction of sp³-hybridized carbons (Fsp3) is 0.591. The summed E-state index contributed by atoms with van der Waals surface area (Å²) in [5.74, 6) is 2.91. The highest BCUT2D eigenvalue weighted by Crippen LogP contribution is 2.16. The number of guanidine groups is 1. The lowest BCUT2D eigenvalue weighted by Crippen LogP contribution is -2.41. The molecule has 0 saturated heterocycles. The number of hydrogen-bond acceptors (Lipinski definition) is 4. The first-order valence-electron chi connectivity index (χ1n) is 11.0. The van der Waals surface area contributed by atoms with Crippen LogP contribution in [0.3, 0.4) is 0 Å². The molecule has 2 N–H and O–H groups in total. The fourth-order valence-corrected chi connectivity index (χ4v) is 3.76. The minimum atomic E-state index is 0.553. The molecule has 0 bridgehead atoms. The van der Waals surface area contributed by atoms with Crippen LogP contribution < -0.4 is 15.5 Å². The quantitative estimate of drug-likeness (QED) is 0.529. The molecule has 1 aromatic carbocycles. The largest absolute Gasteiger partial charge is 0.370 e. The molecule has 158 valence electrons. The van der Waals surface area contributed by atoms with Crippen molar-refractivity contribution in [2.45, 2.75) is 59.5 Å².